The van der Waals surface area contributed by atoms with Crippen LogP contribution in [0.25, 0.3) is 0 Å². The molecule has 0 unspecified atom stereocenters. The summed E-state index contributed by atoms with van der Waals surface area (Å²) in [7, 11) is 4.41. The predicted octanol–water partition coefficient (Wildman–Crippen LogP) is 2.21. The molecule has 2 aromatic rings. The van der Waals surface area contributed by atoms with Gasteiger partial charge >= 0.3 is 5.97 Å². The third-order valence-corrected chi connectivity index (χ3v) is 3.44. The number of benzene rings is 2. The van der Waals surface area contributed by atoms with Crippen molar-refractivity contribution in [3.05, 3.63) is 42.0 Å². The van der Waals surface area contributed by atoms with Crippen molar-refractivity contribution < 1.29 is 33.6 Å². The zero-order valence-corrected chi connectivity index (χ0v) is 14.6. The molecule has 2 aromatic carbocycles. The van der Waals surface area contributed by atoms with Crippen LogP contribution in [0.2, 0.25) is 0 Å². The molecule has 1 amide bonds. The molecule has 0 atom stereocenters. The summed E-state index contributed by atoms with van der Waals surface area (Å²) in [6, 6.07) is 8.99. The Hall–Kier alpha value is -3.42. The molecule has 0 fully saturated rings. The molecule has 0 aliphatic heterocycles. The first kappa shape index (κ1) is 18.9. The Morgan fingerprint density at radius 3 is 2.23 bits per heavy atom. The summed E-state index contributed by atoms with van der Waals surface area (Å²) in [4.78, 5) is 24.0. The number of carbonyl (C=O) groups is 2. The molecule has 0 bridgehead atoms. The summed E-state index contributed by atoms with van der Waals surface area (Å²) in [5.41, 5.74) is 0.335. The molecule has 26 heavy (non-hydrogen) atoms. The molecule has 0 radical (unpaired) electrons. The summed E-state index contributed by atoms with van der Waals surface area (Å²) < 4.78 is 20.1. The van der Waals surface area contributed by atoms with Crippen LogP contribution in [0.4, 0.5) is 5.69 Å². The number of carbonyl (C=O) groups excluding carboxylic acids is 2. The van der Waals surface area contributed by atoms with Gasteiger partial charge in [-0.3, -0.25) is 4.79 Å². The van der Waals surface area contributed by atoms with Crippen LogP contribution in [0.15, 0.2) is 36.4 Å². The second kappa shape index (κ2) is 8.61. The van der Waals surface area contributed by atoms with E-state index < -0.39 is 18.5 Å². The van der Waals surface area contributed by atoms with E-state index in [1.165, 1.54) is 39.5 Å². The van der Waals surface area contributed by atoms with Gasteiger partial charge in [-0.05, 0) is 24.3 Å². The summed E-state index contributed by atoms with van der Waals surface area (Å²) in [6.07, 6.45) is 0. The first-order valence-corrected chi connectivity index (χ1v) is 7.54. The van der Waals surface area contributed by atoms with Crippen molar-refractivity contribution in [1.82, 2.24) is 0 Å². The van der Waals surface area contributed by atoms with E-state index in [-0.39, 0.29) is 11.3 Å². The quantitative estimate of drug-likeness (QED) is 0.729. The van der Waals surface area contributed by atoms with E-state index in [0.717, 1.165) is 0 Å². The Balaban J connectivity index is 1.97. The van der Waals surface area contributed by atoms with Gasteiger partial charge in [0.1, 0.15) is 28.6 Å². The molecule has 8 heteroatoms. The van der Waals surface area contributed by atoms with Crippen LogP contribution in [0.5, 0.6) is 23.0 Å². The fraction of sp³-hybridized carbons (Fsp3) is 0.222. The van der Waals surface area contributed by atoms with Crippen molar-refractivity contribution in [1.29, 1.82) is 0 Å². The lowest BCUT2D eigenvalue weighted by Crippen LogP contribution is -2.21. The maximum atomic E-state index is 12.0. The van der Waals surface area contributed by atoms with E-state index in [2.05, 4.69) is 5.32 Å². The summed E-state index contributed by atoms with van der Waals surface area (Å²) in [6.45, 7) is -0.528. The second-order valence-electron chi connectivity index (χ2n) is 5.07. The number of rotatable bonds is 7. The zero-order valence-electron chi connectivity index (χ0n) is 14.6. The van der Waals surface area contributed by atoms with Crippen LogP contribution in [-0.2, 0) is 9.53 Å². The molecule has 0 aliphatic rings. The Morgan fingerprint density at radius 1 is 0.962 bits per heavy atom. The number of hydrogen-bond donors (Lipinski definition) is 2. The molecule has 138 valence electrons. The Labute approximate surface area is 150 Å². The number of phenolic OH excluding ortho intramolecular Hbond substituents is 1. The first-order valence-electron chi connectivity index (χ1n) is 7.54. The Bertz CT molecular complexity index is 804. The van der Waals surface area contributed by atoms with Crippen molar-refractivity contribution in [2.24, 2.45) is 0 Å². The highest BCUT2D eigenvalue weighted by Crippen LogP contribution is 2.29. The highest BCUT2D eigenvalue weighted by molar-refractivity contribution is 5.97. The minimum atomic E-state index is -0.831. The van der Waals surface area contributed by atoms with Crippen LogP contribution in [0.1, 0.15) is 10.4 Å². The van der Waals surface area contributed by atoms with E-state index in [1.54, 1.807) is 18.2 Å². The average molecular weight is 361 g/mol. The van der Waals surface area contributed by atoms with Crippen LogP contribution >= 0.6 is 0 Å². The maximum absolute atomic E-state index is 12.0. The third kappa shape index (κ3) is 4.56. The number of ether oxygens (including phenoxy) is 4. The molecule has 0 aliphatic carbocycles. The second-order valence-corrected chi connectivity index (χ2v) is 5.07. The lowest BCUT2D eigenvalue weighted by atomic mass is 10.2. The van der Waals surface area contributed by atoms with Gasteiger partial charge in [-0.15, -0.1) is 0 Å². The number of aromatic hydroxyl groups is 1. The van der Waals surface area contributed by atoms with E-state index >= 15 is 0 Å². The predicted molar refractivity (Wildman–Crippen MR) is 93.1 cm³/mol. The van der Waals surface area contributed by atoms with Gasteiger partial charge in [-0.1, -0.05) is 0 Å². The number of methoxy groups -OCH3 is 3. The van der Waals surface area contributed by atoms with Crippen LogP contribution in [0.3, 0.4) is 0 Å². The molecule has 0 aromatic heterocycles. The number of phenols is 1. The summed E-state index contributed by atoms with van der Waals surface area (Å²) in [5.74, 6) is -0.329. The summed E-state index contributed by atoms with van der Waals surface area (Å²) >= 11 is 0. The van der Waals surface area contributed by atoms with E-state index in [4.69, 9.17) is 18.9 Å². The van der Waals surface area contributed by atoms with Gasteiger partial charge in [-0.2, -0.15) is 0 Å². The van der Waals surface area contributed by atoms with E-state index in [9.17, 15) is 14.7 Å². The lowest BCUT2D eigenvalue weighted by molar-refractivity contribution is -0.119. The maximum Gasteiger partial charge on any atom is 0.342 e. The molecule has 0 heterocycles. The van der Waals surface area contributed by atoms with Gasteiger partial charge in [0.05, 0.1) is 27.0 Å². The zero-order chi connectivity index (χ0) is 19.1. The first-order chi connectivity index (χ1) is 12.5. The van der Waals surface area contributed by atoms with Gasteiger partial charge in [0.2, 0.25) is 0 Å². The van der Waals surface area contributed by atoms with E-state index in [1.807, 2.05) is 0 Å². The average Bonchev–Trinajstić information content (AvgIpc) is 2.66. The fourth-order valence-corrected chi connectivity index (χ4v) is 2.11. The third-order valence-electron chi connectivity index (χ3n) is 3.44. The van der Waals surface area contributed by atoms with Crippen molar-refractivity contribution in [2.75, 3.05) is 33.3 Å². The number of hydrogen-bond acceptors (Lipinski definition) is 7. The van der Waals surface area contributed by atoms with Crippen molar-refractivity contribution in [3.63, 3.8) is 0 Å². The lowest BCUT2D eigenvalue weighted by Gasteiger charge is -2.12. The summed E-state index contributed by atoms with van der Waals surface area (Å²) in [5, 5.41) is 12.4. The topological polar surface area (TPSA) is 103 Å². The minimum absolute atomic E-state index is 0.0689. The van der Waals surface area contributed by atoms with Crippen LogP contribution in [0, 0.1) is 0 Å². The Morgan fingerprint density at radius 2 is 1.62 bits per heavy atom. The van der Waals surface area contributed by atoms with Gasteiger partial charge in [0.15, 0.2) is 6.61 Å². The molecule has 8 nitrogen and oxygen atoms in total. The van der Waals surface area contributed by atoms with Crippen LogP contribution < -0.4 is 19.5 Å². The number of nitrogens with one attached hydrogen (secondary N) is 1. The normalized spacial score (nSPS) is 9.96. The molecule has 2 N–H and O–H groups in total. The smallest absolute Gasteiger partial charge is 0.342 e. The monoisotopic (exact) mass is 361 g/mol. The molecule has 0 saturated heterocycles. The Kier molecular flexibility index (Phi) is 6.26. The van der Waals surface area contributed by atoms with Gasteiger partial charge in [0, 0.05) is 12.1 Å². The molecular formula is C18H19NO7. The SMILES string of the molecule is COc1ccc(C(=O)OCC(=O)Nc2ccc(OC)cc2OC)c(O)c1. The highest BCUT2D eigenvalue weighted by atomic mass is 16.5. The van der Waals surface area contributed by atoms with Crippen LogP contribution in [-0.4, -0.2) is 44.9 Å². The van der Waals surface area contributed by atoms with Gasteiger partial charge < -0.3 is 29.4 Å². The van der Waals surface area contributed by atoms with Gasteiger partial charge in [0.25, 0.3) is 5.91 Å². The van der Waals surface area contributed by atoms with Crippen molar-refractivity contribution in [3.8, 4) is 23.0 Å². The largest absolute Gasteiger partial charge is 0.507 e. The highest BCUT2D eigenvalue weighted by Gasteiger charge is 2.16. The van der Waals surface area contributed by atoms with Crippen molar-refractivity contribution >= 4 is 17.6 Å². The fourth-order valence-electron chi connectivity index (χ4n) is 2.11. The van der Waals surface area contributed by atoms with E-state index in [0.29, 0.717) is 22.9 Å². The number of esters is 1. The molecular weight excluding hydrogens is 342 g/mol. The molecule has 0 saturated carbocycles. The van der Waals surface area contributed by atoms with Gasteiger partial charge in [-0.25, -0.2) is 4.79 Å². The standard InChI is InChI=1S/C18H19NO7/c1-23-11-4-6-13(15(20)8-11)18(22)26-10-17(21)19-14-7-5-12(24-2)9-16(14)25-3/h4-9,20H,10H2,1-3H3,(H,19,21). The minimum Gasteiger partial charge on any atom is -0.507 e. The molecule has 0 spiro atoms. The number of amides is 1. The molecule has 2 rings (SSSR count). The number of anilines is 1. The van der Waals surface area contributed by atoms with Crippen molar-refractivity contribution in [2.45, 2.75) is 0 Å².